The molecule has 2 aromatic rings. The second kappa shape index (κ2) is 7.51. The van der Waals surface area contributed by atoms with Crippen molar-refractivity contribution in [2.24, 2.45) is 0 Å². The standard InChI is InChI=1S/C14H9F2N3O3S/c15-14(16)22-11-3-1-2-9(6-11)8-23-13-12(19(20)21)10(7-17)4-5-18-13/h1-6,14H,8H2. The van der Waals surface area contributed by atoms with E-state index in [0.29, 0.717) is 5.56 Å². The Balaban J connectivity index is 2.19. The van der Waals surface area contributed by atoms with Crippen molar-refractivity contribution in [2.45, 2.75) is 17.4 Å². The van der Waals surface area contributed by atoms with E-state index < -0.39 is 11.5 Å². The molecule has 0 bridgehead atoms. The molecule has 1 heterocycles. The van der Waals surface area contributed by atoms with Crippen LogP contribution in [-0.4, -0.2) is 16.5 Å². The van der Waals surface area contributed by atoms with Crippen molar-refractivity contribution in [2.75, 3.05) is 0 Å². The number of nitriles is 1. The first-order chi connectivity index (χ1) is 11.0. The third kappa shape index (κ3) is 4.37. The van der Waals surface area contributed by atoms with Gasteiger partial charge in [-0.25, -0.2) is 4.98 Å². The van der Waals surface area contributed by atoms with Gasteiger partial charge in [0.2, 0.25) is 0 Å². The fourth-order valence-corrected chi connectivity index (χ4v) is 2.71. The Morgan fingerprint density at radius 3 is 2.87 bits per heavy atom. The molecule has 0 unspecified atom stereocenters. The topological polar surface area (TPSA) is 89.0 Å². The normalized spacial score (nSPS) is 10.3. The number of benzene rings is 1. The van der Waals surface area contributed by atoms with Crippen LogP contribution in [-0.2, 0) is 5.75 Å². The Bertz CT molecular complexity index is 765. The Labute approximate surface area is 133 Å². The summed E-state index contributed by atoms with van der Waals surface area (Å²) in [6, 6.07) is 9.03. The third-order valence-corrected chi connectivity index (χ3v) is 3.74. The summed E-state index contributed by atoms with van der Waals surface area (Å²) >= 11 is 1.04. The number of thioether (sulfide) groups is 1. The van der Waals surface area contributed by atoms with Crippen molar-refractivity contribution in [3.05, 3.63) is 57.8 Å². The fourth-order valence-electron chi connectivity index (χ4n) is 1.77. The molecule has 9 heteroatoms. The molecule has 6 nitrogen and oxygen atoms in total. The zero-order valence-corrected chi connectivity index (χ0v) is 12.3. The van der Waals surface area contributed by atoms with Crippen LogP contribution in [0, 0.1) is 21.4 Å². The van der Waals surface area contributed by atoms with Crippen LogP contribution in [0.4, 0.5) is 14.5 Å². The first kappa shape index (κ1) is 16.6. The number of aromatic nitrogens is 1. The van der Waals surface area contributed by atoms with E-state index in [9.17, 15) is 18.9 Å². The summed E-state index contributed by atoms with van der Waals surface area (Å²) in [5, 5.41) is 20.1. The molecule has 0 spiro atoms. The lowest BCUT2D eigenvalue weighted by molar-refractivity contribution is -0.388. The van der Waals surface area contributed by atoms with Crippen molar-refractivity contribution < 1.29 is 18.4 Å². The van der Waals surface area contributed by atoms with Gasteiger partial charge in [0.1, 0.15) is 17.4 Å². The minimum absolute atomic E-state index is 0.00587. The van der Waals surface area contributed by atoms with Gasteiger partial charge in [0, 0.05) is 11.9 Å². The van der Waals surface area contributed by atoms with Crippen LogP contribution >= 0.6 is 11.8 Å². The average molecular weight is 337 g/mol. The van der Waals surface area contributed by atoms with Crippen molar-refractivity contribution >= 4 is 17.4 Å². The summed E-state index contributed by atoms with van der Waals surface area (Å²) in [6.07, 6.45) is 1.31. The van der Waals surface area contributed by atoms with Crippen LogP contribution in [0.5, 0.6) is 5.75 Å². The van der Waals surface area contributed by atoms with Crippen molar-refractivity contribution in [3.8, 4) is 11.8 Å². The van der Waals surface area contributed by atoms with Gasteiger partial charge in [-0.3, -0.25) is 10.1 Å². The number of rotatable bonds is 6. The lowest BCUT2D eigenvalue weighted by Crippen LogP contribution is -2.02. The van der Waals surface area contributed by atoms with Crippen LogP contribution in [0.1, 0.15) is 11.1 Å². The van der Waals surface area contributed by atoms with E-state index in [-0.39, 0.29) is 27.8 Å². The predicted molar refractivity (Wildman–Crippen MR) is 78.2 cm³/mol. The molecule has 0 aliphatic carbocycles. The molecule has 0 atom stereocenters. The molecule has 0 aliphatic rings. The summed E-state index contributed by atoms with van der Waals surface area (Å²) < 4.78 is 28.7. The maximum Gasteiger partial charge on any atom is 0.387 e. The zero-order chi connectivity index (χ0) is 16.8. The van der Waals surface area contributed by atoms with Crippen LogP contribution in [0.2, 0.25) is 0 Å². The third-order valence-electron chi connectivity index (χ3n) is 2.69. The molecule has 0 saturated carbocycles. The number of pyridine rings is 1. The summed E-state index contributed by atoms with van der Waals surface area (Å²) in [5.74, 6) is 0.259. The van der Waals surface area contributed by atoms with E-state index in [0.717, 1.165) is 11.8 Å². The Hall–Kier alpha value is -2.73. The van der Waals surface area contributed by atoms with Crippen LogP contribution in [0.15, 0.2) is 41.6 Å². The van der Waals surface area contributed by atoms with Crippen molar-refractivity contribution in [1.82, 2.24) is 4.98 Å². The molecule has 23 heavy (non-hydrogen) atoms. The quantitative estimate of drug-likeness (QED) is 0.453. The van der Waals surface area contributed by atoms with E-state index in [1.807, 2.05) is 0 Å². The number of nitrogens with zero attached hydrogens (tertiary/aromatic N) is 3. The number of ether oxygens (including phenoxy) is 1. The second-order valence-corrected chi connectivity index (χ2v) is 5.16. The van der Waals surface area contributed by atoms with E-state index >= 15 is 0 Å². The van der Waals surface area contributed by atoms with E-state index in [1.54, 1.807) is 18.2 Å². The summed E-state index contributed by atoms with van der Waals surface area (Å²) in [7, 11) is 0. The average Bonchev–Trinajstić information content (AvgIpc) is 2.52. The van der Waals surface area contributed by atoms with Gasteiger partial charge in [0.15, 0.2) is 5.03 Å². The Kier molecular flexibility index (Phi) is 5.43. The van der Waals surface area contributed by atoms with Gasteiger partial charge < -0.3 is 4.74 Å². The van der Waals surface area contributed by atoms with Gasteiger partial charge in [0.05, 0.1) is 4.92 Å². The molecule has 0 fully saturated rings. The largest absolute Gasteiger partial charge is 0.435 e. The maximum absolute atomic E-state index is 12.2. The zero-order valence-electron chi connectivity index (χ0n) is 11.5. The first-order valence-electron chi connectivity index (χ1n) is 6.21. The molecule has 0 saturated heterocycles. The SMILES string of the molecule is N#Cc1ccnc(SCc2cccc(OC(F)F)c2)c1[N+](=O)[O-]. The second-order valence-electron chi connectivity index (χ2n) is 4.20. The highest BCUT2D eigenvalue weighted by Gasteiger charge is 2.21. The molecule has 118 valence electrons. The van der Waals surface area contributed by atoms with Gasteiger partial charge in [-0.05, 0) is 23.8 Å². The van der Waals surface area contributed by atoms with Crippen molar-refractivity contribution in [3.63, 3.8) is 0 Å². The van der Waals surface area contributed by atoms with E-state index in [4.69, 9.17) is 5.26 Å². The van der Waals surface area contributed by atoms with Crippen LogP contribution in [0.3, 0.4) is 0 Å². The van der Waals surface area contributed by atoms with Gasteiger partial charge in [-0.2, -0.15) is 14.0 Å². The molecule has 2 rings (SSSR count). The highest BCUT2D eigenvalue weighted by Crippen LogP contribution is 2.32. The first-order valence-corrected chi connectivity index (χ1v) is 7.20. The van der Waals surface area contributed by atoms with Crippen LogP contribution < -0.4 is 4.74 Å². The number of hydrogen-bond acceptors (Lipinski definition) is 6. The summed E-state index contributed by atoms with van der Waals surface area (Å²) in [6.45, 7) is -2.92. The fraction of sp³-hybridized carbons (Fsp3) is 0.143. The van der Waals surface area contributed by atoms with E-state index in [1.165, 1.54) is 24.4 Å². The van der Waals surface area contributed by atoms with Gasteiger partial charge in [-0.1, -0.05) is 23.9 Å². The molecule has 0 radical (unpaired) electrons. The van der Waals surface area contributed by atoms with Gasteiger partial charge >= 0.3 is 12.3 Å². The molecular weight excluding hydrogens is 328 g/mol. The number of alkyl halides is 2. The molecule has 1 aromatic carbocycles. The number of halogens is 2. The Morgan fingerprint density at radius 2 is 2.22 bits per heavy atom. The minimum Gasteiger partial charge on any atom is -0.435 e. The van der Waals surface area contributed by atoms with Gasteiger partial charge in [-0.15, -0.1) is 0 Å². The lowest BCUT2D eigenvalue weighted by atomic mass is 10.2. The van der Waals surface area contributed by atoms with Crippen molar-refractivity contribution in [1.29, 1.82) is 5.26 Å². The molecule has 0 N–H and O–H groups in total. The molecule has 0 amide bonds. The smallest absolute Gasteiger partial charge is 0.387 e. The number of hydrogen-bond donors (Lipinski definition) is 0. The molecule has 0 aliphatic heterocycles. The Morgan fingerprint density at radius 1 is 1.43 bits per heavy atom. The van der Waals surface area contributed by atoms with Gasteiger partial charge in [0.25, 0.3) is 0 Å². The summed E-state index contributed by atoms with van der Waals surface area (Å²) in [4.78, 5) is 14.3. The van der Waals surface area contributed by atoms with Crippen LogP contribution in [0.25, 0.3) is 0 Å². The predicted octanol–water partition coefficient (Wildman–Crippen LogP) is 3.76. The minimum atomic E-state index is -2.92. The highest BCUT2D eigenvalue weighted by atomic mass is 32.2. The lowest BCUT2D eigenvalue weighted by Gasteiger charge is -2.07. The monoisotopic (exact) mass is 337 g/mol. The van der Waals surface area contributed by atoms with E-state index in [2.05, 4.69) is 9.72 Å². The molecule has 1 aromatic heterocycles. The highest BCUT2D eigenvalue weighted by molar-refractivity contribution is 7.98. The number of nitro groups is 1. The molecular formula is C14H9F2N3O3S. The maximum atomic E-state index is 12.2. The summed E-state index contributed by atoms with van der Waals surface area (Å²) in [5.41, 5.74) is 0.189.